The lowest BCUT2D eigenvalue weighted by molar-refractivity contribution is 0.0963. The van der Waals surface area contributed by atoms with Gasteiger partial charge in [-0.15, -0.1) is 0 Å². The van der Waals surface area contributed by atoms with Crippen LogP contribution in [0.15, 0.2) is 72.0 Å². The van der Waals surface area contributed by atoms with Crippen molar-refractivity contribution in [1.29, 1.82) is 0 Å². The van der Waals surface area contributed by atoms with Crippen LogP contribution in [0.3, 0.4) is 0 Å². The van der Waals surface area contributed by atoms with Crippen LogP contribution in [0.5, 0.6) is 0 Å². The van der Waals surface area contributed by atoms with Gasteiger partial charge in [-0.25, -0.2) is 0 Å². The Hall–Kier alpha value is -3.47. The molecule has 0 saturated carbocycles. The van der Waals surface area contributed by atoms with Crippen molar-refractivity contribution < 1.29 is 10.0 Å². The molecule has 1 atom stereocenters. The molecule has 0 bridgehead atoms. The molecular weight excluding hydrogens is 362 g/mol. The Morgan fingerprint density at radius 3 is 2.41 bits per heavy atom. The fraction of sp³-hybridized carbons (Fsp3) is 0.208. The van der Waals surface area contributed by atoms with Gasteiger partial charge in [-0.1, -0.05) is 41.6 Å². The van der Waals surface area contributed by atoms with Gasteiger partial charge in [0.1, 0.15) is 0 Å². The molecule has 2 N–H and O–H groups in total. The fourth-order valence-corrected chi connectivity index (χ4v) is 3.53. The van der Waals surface area contributed by atoms with Crippen LogP contribution in [-0.4, -0.2) is 28.9 Å². The normalized spacial score (nSPS) is 12.4. The quantitative estimate of drug-likeness (QED) is 0.373. The molecule has 0 radical (unpaired) electrons. The Morgan fingerprint density at radius 2 is 1.79 bits per heavy atom. The van der Waals surface area contributed by atoms with Crippen LogP contribution in [-0.2, 0) is 0 Å². The zero-order valence-electron chi connectivity index (χ0n) is 16.9. The van der Waals surface area contributed by atoms with Crippen molar-refractivity contribution in [2.24, 2.45) is 5.16 Å². The van der Waals surface area contributed by atoms with Crippen LogP contribution in [0.2, 0.25) is 0 Å². The maximum Gasteiger partial charge on any atom is 0.251 e. The second-order valence-corrected chi connectivity index (χ2v) is 7.05. The highest BCUT2D eigenvalue weighted by atomic mass is 16.4. The molecule has 148 valence electrons. The number of oxime groups is 1. The molecule has 1 heterocycles. The van der Waals surface area contributed by atoms with Crippen molar-refractivity contribution in [3.63, 3.8) is 0 Å². The highest BCUT2D eigenvalue weighted by Gasteiger charge is 2.21. The zero-order valence-corrected chi connectivity index (χ0v) is 16.9. The molecule has 3 aromatic rings. The molecule has 2 aromatic carbocycles. The molecule has 0 fully saturated rings. The Balaban J connectivity index is 2.02. The van der Waals surface area contributed by atoms with Crippen molar-refractivity contribution in [3.8, 4) is 0 Å². The number of benzene rings is 2. The number of aromatic nitrogens is 1. The van der Waals surface area contributed by atoms with Gasteiger partial charge in [0, 0.05) is 42.4 Å². The molecular formula is C24H25N3O2. The number of nitrogens with zero attached hydrogens (tertiary/aromatic N) is 2. The van der Waals surface area contributed by atoms with Crippen molar-refractivity contribution in [2.45, 2.75) is 26.2 Å². The number of amides is 1. The summed E-state index contributed by atoms with van der Waals surface area (Å²) in [5, 5.41) is 16.0. The van der Waals surface area contributed by atoms with E-state index < -0.39 is 0 Å². The molecule has 0 saturated heterocycles. The van der Waals surface area contributed by atoms with Gasteiger partial charge in [-0.3, -0.25) is 9.78 Å². The fourth-order valence-electron chi connectivity index (χ4n) is 3.53. The molecule has 5 nitrogen and oxygen atoms in total. The topological polar surface area (TPSA) is 74.6 Å². The summed E-state index contributed by atoms with van der Waals surface area (Å²) in [4.78, 5) is 16.1. The number of carbonyl (C=O) groups excluding carboxylic acids is 1. The molecule has 0 aliphatic rings. The summed E-state index contributed by atoms with van der Waals surface area (Å²) in [6, 6.07) is 19.6. The Labute approximate surface area is 171 Å². The number of hydrogen-bond acceptors (Lipinski definition) is 4. The van der Waals surface area contributed by atoms with Crippen LogP contribution in [0.4, 0.5) is 0 Å². The van der Waals surface area contributed by atoms with Gasteiger partial charge in [0.15, 0.2) is 0 Å². The molecule has 29 heavy (non-hydrogen) atoms. The Bertz CT molecular complexity index is 1030. The second-order valence-electron chi connectivity index (χ2n) is 7.05. The molecule has 0 spiro atoms. The molecule has 0 aliphatic carbocycles. The number of aryl methyl sites for hydroxylation is 2. The standard InChI is InChI=1S/C24H25N3O2/c1-16-6-4-5-7-21(16)22(18-8-10-19(11-9-18)24(28)25-3)15-23(27-29)20-12-13-26-17(2)14-20/h4-14,22,29H,15H2,1-3H3,(H,25,28)/t22-/m1/s1. The molecule has 0 unspecified atom stereocenters. The van der Waals surface area contributed by atoms with E-state index in [4.69, 9.17) is 0 Å². The van der Waals surface area contributed by atoms with Gasteiger partial charge in [0.05, 0.1) is 5.71 Å². The summed E-state index contributed by atoms with van der Waals surface area (Å²) in [7, 11) is 1.62. The van der Waals surface area contributed by atoms with Crippen molar-refractivity contribution in [2.75, 3.05) is 7.05 Å². The van der Waals surface area contributed by atoms with E-state index in [-0.39, 0.29) is 11.8 Å². The highest BCUT2D eigenvalue weighted by molar-refractivity contribution is 6.01. The first-order valence-electron chi connectivity index (χ1n) is 9.55. The van der Waals surface area contributed by atoms with Crippen LogP contribution >= 0.6 is 0 Å². The van der Waals surface area contributed by atoms with Crippen molar-refractivity contribution >= 4 is 11.6 Å². The third-order valence-electron chi connectivity index (χ3n) is 5.11. The van der Waals surface area contributed by atoms with Gasteiger partial charge >= 0.3 is 0 Å². The van der Waals surface area contributed by atoms with E-state index in [2.05, 4.69) is 34.5 Å². The van der Waals surface area contributed by atoms with E-state index >= 15 is 0 Å². The maximum atomic E-state index is 11.9. The third-order valence-corrected chi connectivity index (χ3v) is 5.11. The predicted octanol–water partition coefficient (Wildman–Crippen LogP) is 4.46. The summed E-state index contributed by atoms with van der Waals surface area (Å²) in [5.41, 5.74) is 6.30. The number of pyridine rings is 1. The molecule has 0 aliphatic heterocycles. The number of carbonyl (C=O) groups is 1. The maximum absolute atomic E-state index is 11.9. The van der Waals surface area contributed by atoms with E-state index in [0.29, 0.717) is 17.7 Å². The average Bonchev–Trinajstić information content (AvgIpc) is 2.75. The van der Waals surface area contributed by atoms with Crippen molar-refractivity contribution in [3.05, 3.63) is 100 Å². The van der Waals surface area contributed by atoms with Crippen LogP contribution in [0, 0.1) is 13.8 Å². The van der Waals surface area contributed by atoms with E-state index in [1.807, 2.05) is 55.5 Å². The minimum absolute atomic E-state index is 0.0192. The first-order valence-corrected chi connectivity index (χ1v) is 9.55. The SMILES string of the molecule is CNC(=O)c1ccc([C@@H](CC(=NO)c2ccnc(C)c2)c2ccccc2C)cc1. The summed E-state index contributed by atoms with van der Waals surface area (Å²) in [5.74, 6) is -0.136. The molecule has 1 aromatic heterocycles. The van der Waals surface area contributed by atoms with Gasteiger partial charge in [0.25, 0.3) is 5.91 Å². The third kappa shape index (κ3) is 4.69. The average molecular weight is 387 g/mol. The van der Waals surface area contributed by atoms with Crippen molar-refractivity contribution in [1.82, 2.24) is 10.3 Å². The lowest BCUT2D eigenvalue weighted by Gasteiger charge is -2.21. The Morgan fingerprint density at radius 1 is 1.07 bits per heavy atom. The predicted molar refractivity (Wildman–Crippen MR) is 115 cm³/mol. The molecule has 3 rings (SSSR count). The van der Waals surface area contributed by atoms with Crippen LogP contribution < -0.4 is 5.32 Å². The summed E-state index contributed by atoms with van der Waals surface area (Å²) < 4.78 is 0. The summed E-state index contributed by atoms with van der Waals surface area (Å²) in [6.07, 6.45) is 2.24. The van der Waals surface area contributed by atoms with Gasteiger partial charge in [-0.05, 0) is 54.8 Å². The largest absolute Gasteiger partial charge is 0.411 e. The van der Waals surface area contributed by atoms with Crippen LogP contribution in [0.25, 0.3) is 0 Å². The first-order chi connectivity index (χ1) is 14.0. The lowest BCUT2D eigenvalue weighted by atomic mass is 9.83. The summed E-state index contributed by atoms with van der Waals surface area (Å²) in [6.45, 7) is 3.99. The highest BCUT2D eigenvalue weighted by Crippen LogP contribution is 2.32. The van der Waals surface area contributed by atoms with E-state index in [9.17, 15) is 10.0 Å². The number of hydrogen-bond donors (Lipinski definition) is 2. The minimum Gasteiger partial charge on any atom is -0.411 e. The number of nitrogens with one attached hydrogen (secondary N) is 1. The van der Waals surface area contributed by atoms with Gasteiger partial charge in [0.2, 0.25) is 0 Å². The minimum atomic E-state index is -0.117. The zero-order chi connectivity index (χ0) is 20.8. The Kier molecular flexibility index (Phi) is 6.39. The van der Waals surface area contributed by atoms with Gasteiger partial charge < -0.3 is 10.5 Å². The lowest BCUT2D eigenvalue weighted by Crippen LogP contribution is -2.18. The second kappa shape index (κ2) is 9.15. The summed E-state index contributed by atoms with van der Waals surface area (Å²) >= 11 is 0. The van der Waals surface area contributed by atoms with Crippen LogP contribution in [0.1, 0.15) is 50.6 Å². The van der Waals surface area contributed by atoms with E-state index in [1.165, 1.54) is 0 Å². The number of rotatable bonds is 6. The van der Waals surface area contributed by atoms with E-state index in [0.717, 1.165) is 27.9 Å². The smallest absolute Gasteiger partial charge is 0.251 e. The van der Waals surface area contributed by atoms with Gasteiger partial charge in [-0.2, -0.15) is 0 Å². The first kappa shape index (κ1) is 20.3. The molecule has 1 amide bonds. The van der Waals surface area contributed by atoms with E-state index in [1.54, 1.807) is 13.2 Å². The molecule has 5 heteroatoms. The monoisotopic (exact) mass is 387 g/mol.